The van der Waals surface area contributed by atoms with Gasteiger partial charge in [-0.15, -0.1) is 11.8 Å². The topological polar surface area (TPSA) is 38.4 Å². The Bertz CT molecular complexity index is 304. The lowest BCUT2D eigenvalue weighted by molar-refractivity contribution is 1.12. The summed E-state index contributed by atoms with van der Waals surface area (Å²) in [6.07, 6.45) is 0. The van der Waals surface area contributed by atoms with Gasteiger partial charge in [0.25, 0.3) is 0 Å². The molecule has 3 heteroatoms. The molecule has 0 fully saturated rings. The molecule has 14 heavy (non-hydrogen) atoms. The summed E-state index contributed by atoms with van der Waals surface area (Å²) in [5.41, 5.74) is 6.97. The highest BCUT2D eigenvalue weighted by Gasteiger charge is 1.95. The fourth-order valence-corrected chi connectivity index (χ4v) is 1.77. The highest BCUT2D eigenvalue weighted by Crippen LogP contribution is 2.17. The van der Waals surface area contributed by atoms with Gasteiger partial charge in [-0.25, -0.2) is 0 Å². The molecule has 0 radical (unpaired) electrons. The van der Waals surface area contributed by atoms with Crippen LogP contribution >= 0.6 is 11.8 Å². The summed E-state index contributed by atoms with van der Waals surface area (Å²) in [5, 5.41) is 0. The van der Waals surface area contributed by atoms with Gasteiger partial charge >= 0.3 is 0 Å². The Labute approximate surface area is 89.6 Å². The fourth-order valence-electron chi connectivity index (χ4n) is 1.04. The molecule has 0 heterocycles. The molecule has 0 bridgehead atoms. The number of amidine groups is 1. The van der Waals surface area contributed by atoms with Crippen molar-refractivity contribution in [3.8, 4) is 0 Å². The number of hydrogen-bond donors (Lipinski definition) is 1. The van der Waals surface area contributed by atoms with Crippen molar-refractivity contribution in [1.82, 2.24) is 0 Å². The summed E-state index contributed by atoms with van der Waals surface area (Å²) in [6.45, 7) is 4.84. The number of benzene rings is 1. The molecule has 2 nitrogen and oxygen atoms in total. The Morgan fingerprint density at radius 2 is 2.00 bits per heavy atom. The second-order valence-corrected chi connectivity index (χ2v) is 4.12. The standard InChI is InChI=1S/C11H16N2S/c1-3-13-11(12)8-14-10-6-4-9(2)5-7-10/h4-7H,3,8H2,1-2H3,(H2,12,13). The largest absolute Gasteiger partial charge is 0.387 e. The average Bonchev–Trinajstić information content (AvgIpc) is 2.17. The second kappa shape index (κ2) is 5.70. The molecule has 1 aromatic carbocycles. The normalized spacial score (nSPS) is 11.7. The Morgan fingerprint density at radius 1 is 1.36 bits per heavy atom. The molecular formula is C11H16N2S. The van der Waals surface area contributed by atoms with Gasteiger partial charge in [0.15, 0.2) is 0 Å². The Balaban J connectivity index is 2.46. The summed E-state index contributed by atoms with van der Waals surface area (Å²) < 4.78 is 0. The predicted octanol–water partition coefficient (Wildman–Crippen LogP) is 2.46. The SMILES string of the molecule is CCN=C(N)CSc1ccc(C)cc1. The van der Waals surface area contributed by atoms with E-state index in [1.54, 1.807) is 11.8 Å². The Morgan fingerprint density at radius 3 is 2.57 bits per heavy atom. The minimum atomic E-state index is 0.720. The lowest BCUT2D eigenvalue weighted by atomic mass is 10.2. The maximum absolute atomic E-state index is 5.69. The van der Waals surface area contributed by atoms with Crippen molar-refractivity contribution in [3.63, 3.8) is 0 Å². The monoisotopic (exact) mass is 208 g/mol. The van der Waals surface area contributed by atoms with E-state index >= 15 is 0 Å². The van der Waals surface area contributed by atoms with Gasteiger partial charge in [-0.2, -0.15) is 0 Å². The summed E-state index contributed by atoms with van der Waals surface area (Å²) in [6, 6.07) is 8.43. The average molecular weight is 208 g/mol. The van der Waals surface area contributed by atoms with Crippen molar-refractivity contribution in [2.45, 2.75) is 18.7 Å². The van der Waals surface area contributed by atoms with Crippen molar-refractivity contribution in [1.29, 1.82) is 0 Å². The van der Waals surface area contributed by atoms with E-state index in [0.29, 0.717) is 0 Å². The van der Waals surface area contributed by atoms with E-state index in [4.69, 9.17) is 5.73 Å². The minimum absolute atomic E-state index is 0.720. The molecular weight excluding hydrogens is 192 g/mol. The van der Waals surface area contributed by atoms with Crippen LogP contribution in [-0.4, -0.2) is 18.1 Å². The van der Waals surface area contributed by atoms with Crippen LogP contribution in [-0.2, 0) is 0 Å². The molecule has 0 aliphatic carbocycles. The molecule has 0 saturated carbocycles. The third-order valence-electron chi connectivity index (χ3n) is 1.77. The number of aliphatic imine (C=N–C) groups is 1. The third kappa shape index (κ3) is 3.83. The van der Waals surface area contributed by atoms with E-state index in [0.717, 1.165) is 18.1 Å². The molecule has 0 unspecified atom stereocenters. The molecule has 0 atom stereocenters. The van der Waals surface area contributed by atoms with Gasteiger partial charge in [0.1, 0.15) is 5.84 Å². The van der Waals surface area contributed by atoms with Crippen molar-refractivity contribution in [3.05, 3.63) is 29.8 Å². The predicted molar refractivity (Wildman–Crippen MR) is 64.1 cm³/mol. The first-order valence-electron chi connectivity index (χ1n) is 4.70. The van der Waals surface area contributed by atoms with E-state index in [-0.39, 0.29) is 0 Å². The first kappa shape index (κ1) is 11.1. The van der Waals surface area contributed by atoms with Gasteiger partial charge in [-0.05, 0) is 26.0 Å². The van der Waals surface area contributed by atoms with Gasteiger partial charge in [0.05, 0.1) is 5.75 Å². The van der Waals surface area contributed by atoms with E-state index in [2.05, 4.69) is 36.2 Å². The van der Waals surface area contributed by atoms with E-state index < -0.39 is 0 Å². The quantitative estimate of drug-likeness (QED) is 0.469. The van der Waals surface area contributed by atoms with Crippen molar-refractivity contribution >= 4 is 17.6 Å². The first-order valence-corrected chi connectivity index (χ1v) is 5.69. The fraction of sp³-hybridized carbons (Fsp3) is 0.364. The molecule has 0 aliphatic rings. The highest BCUT2D eigenvalue weighted by molar-refractivity contribution is 8.00. The number of aryl methyl sites for hydroxylation is 1. The van der Waals surface area contributed by atoms with Crippen LogP contribution in [0.4, 0.5) is 0 Å². The molecule has 76 valence electrons. The van der Waals surface area contributed by atoms with Gasteiger partial charge in [-0.1, -0.05) is 17.7 Å². The Hall–Kier alpha value is -0.960. The van der Waals surface area contributed by atoms with Crippen molar-refractivity contribution in [2.75, 3.05) is 12.3 Å². The van der Waals surface area contributed by atoms with Crippen LogP contribution in [0.3, 0.4) is 0 Å². The maximum Gasteiger partial charge on any atom is 0.104 e. The summed E-state index contributed by atoms with van der Waals surface area (Å²) in [4.78, 5) is 5.37. The summed E-state index contributed by atoms with van der Waals surface area (Å²) in [5.74, 6) is 1.50. The number of nitrogens with two attached hydrogens (primary N) is 1. The van der Waals surface area contributed by atoms with Crippen LogP contribution in [0.25, 0.3) is 0 Å². The highest BCUT2D eigenvalue weighted by atomic mass is 32.2. The molecule has 1 rings (SSSR count). The lowest BCUT2D eigenvalue weighted by Crippen LogP contribution is -2.14. The minimum Gasteiger partial charge on any atom is -0.387 e. The maximum atomic E-state index is 5.69. The zero-order chi connectivity index (χ0) is 10.4. The van der Waals surface area contributed by atoms with Gasteiger partial charge in [0.2, 0.25) is 0 Å². The molecule has 2 N–H and O–H groups in total. The van der Waals surface area contributed by atoms with Crippen molar-refractivity contribution < 1.29 is 0 Å². The molecule has 0 aliphatic heterocycles. The number of thioether (sulfide) groups is 1. The van der Waals surface area contributed by atoms with E-state index in [1.807, 2.05) is 6.92 Å². The summed E-state index contributed by atoms with van der Waals surface area (Å²) in [7, 11) is 0. The van der Waals surface area contributed by atoms with Gasteiger partial charge < -0.3 is 5.73 Å². The molecule has 0 aromatic heterocycles. The smallest absolute Gasteiger partial charge is 0.104 e. The number of rotatable bonds is 4. The first-order chi connectivity index (χ1) is 6.72. The van der Waals surface area contributed by atoms with Crippen molar-refractivity contribution in [2.24, 2.45) is 10.7 Å². The van der Waals surface area contributed by atoms with Crippen LogP contribution < -0.4 is 5.73 Å². The Kier molecular flexibility index (Phi) is 4.53. The van der Waals surface area contributed by atoms with Crippen LogP contribution in [0.5, 0.6) is 0 Å². The third-order valence-corrected chi connectivity index (χ3v) is 2.81. The van der Waals surface area contributed by atoms with Crippen LogP contribution in [0.15, 0.2) is 34.2 Å². The molecule has 0 amide bonds. The van der Waals surface area contributed by atoms with Crippen LogP contribution in [0.2, 0.25) is 0 Å². The molecule has 0 saturated heterocycles. The molecule has 1 aromatic rings. The zero-order valence-electron chi connectivity index (χ0n) is 8.66. The zero-order valence-corrected chi connectivity index (χ0v) is 9.47. The lowest BCUT2D eigenvalue weighted by Gasteiger charge is -2.01. The summed E-state index contributed by atoms with van der Waals surface area (Å²) >= 11 is 1.72. The second-order valence-electron chi connectivity index (χ2n) is 3.07. The van der Waals surface area contributed by atoms with Crippen LogP contribution in [0.1, 0.15) is 12.5 Å². The van der Waals surface area contributed by atoms with Crippen LogP contribution in [0, 0.1) is 6.92 Å². The van der Waals surface area contributed by atoms with E-state index in [9.17, 15) is 0 Å². The molecule has 0 spiro atoms. The van der Waals surface area contributed by atoms with Gasteiger partial charge in [0, 0.05) is 11.4 Å². The van der Waals surface area contributed by atoms with E-state index in [1.165, 1.54) is 10.5 Å². The number of hydrogen-bond acceptors (Lipinski definition) is 2. The number of nitrogens with zero attached hydrogens (tertiary/aromatic N) is 1. The van der Waals surface area contributed by atoms with Gasteiger partial charge in [-0.3, -0.25) is 4.99 Å².